The largest absolute Gasteiger partial charge is 0.488 e. The highest BCUT2D eigenvalue weighted by atomic mass is 79.9. The lowest BCUT2D eigenvalue weighted by Gasteiger charge is -2.28. The van der Waals surface area contributed by atoms with Crippen molar-refractivity contribution in [1.82, 2.24) is 0 Å². The van der Waals surface area contributed by atoms with Gasteiger partial charge in [-0.05, 0) is 87.6 Å². The Balaban J connectivity index is 2.09. The minimum atomic E-state index is 0.217. The van der Waals surface area contributed by atoms with Crippen LogP contribution in [0.3, 0.4) is 0 Å². The van der Waals surface area contributed by atoms with Crippen molar-refractivity contribution in [2.24, 2.45) is 11.7 Å². The Morgan fingerprint density at radius 3 is 2.52 bits per heavy atom. The zero-order valence-corrected chi connectivity index (χ0v) is 16.0. The van der Waals surface area contributed by atoms with E-state index in [1.54, 1.807) is 0 Å². The van der Waals surface area contributed by atoms with Gasteiger partial charge in [-0.2, -0.15) is 0 Å². The molecule has 0 bridgehead atoms. The van der Waals surface area contributed by atoms with Gasteiger partial charge in [-0.1, -0.05) is 20.3 Å². The van der Waals surface area contributed by atoms with Crippen LogP contribution in [0, 0.1) is 5.92 Å². The molecule has 3 atom stereocenters. The van der Waals surface area contributed by atoms with Gasteiger partial charge in [0.25, 0.3) is 0 Å². The lowest BCUT2D eigenvalue weighted by atomic mass is 9.89. The fourth-order valence-corrected chi connectivity index (χ4v) is 4.41. The molecule has 1 fully saturated rings. The van der Waals surface area contributed by atoms with Crippen LogP contribution in [-0.2, 0) is 6.42 Å². The van der Waals surface area contributed by atoms with E-state index in [4.69, 9.17) is 10.5 Å². The van der Waals surface area contributed by atoms with Gasteiger partial charge in [0.2, 0.25) is 0 Å². The lowest BCUT2D eigenvalue weighted by Crippen LogP contribution is -2.24. The molecule has 3 unspecified atom stereocenters. The predicted molar refractivity (Wildman–Crippen MR) is 95.9 cm³/mol. The molecule has 1 aromatic rings. The summed E-state index contributed by atoms with van der Waals surface area (Å²) in [5, 5.41) is 0. The predicted octanol–water partition coefficient (Wildman–Crippen LogP) is 5.45. The third kappa shape index (κ3) is 4.97. The standard InChI is InChI=1S/C17H25Br2NO/c1-3-13(20)8-12-9-15(18)17(16(19)10-12)21-14-6-4-5-11(2)7-14/h9-11,13-14H,3-8,20H2,1-2H3. The second kappa shape index (κ2) is 7.98. The van der Waals surface area contributed by atoms with Crippen LogP contribution in [0.15, 0.2) is 21.1 Å². The van der Waals surface area contributed by atoms with Gasteiger partial charge in [-0.15, -0.1) is 0 Å². The Morgan fingerprint density at radius 1 is 1.29 bits per heavy atom. The second-order valence-corrected chi connectivity index (χ2v) is 7.98. The molecule has 1 aliphatic carbocycles. The van der Waals surface area contributed by atoms with Crippen molar-refractivity contribution >= 4 is 31.9 Å². The summed E-state index contributed by atoms with van der Waals surface area (Å²) in [6.45, 7) is 4.44. The van der Waals surface area contributed by atoms with Crippen molar-refractivity contribution in [3.63, 3.8) is 0 Å². The van der Waals surface area contributed by atoms with E-state index in [2.05, 4.69) is 57.8 Å². The lowest BCUT2D eigenvalue weighted by molar-refractivity contribution is 0.127. The van der Waals surface area contributed by atoms with Crippen molar-refractivity contribution in [3.05, 3.63) is 26.6 Å². The van der Waals surface area contributed by atoms with Crippen LogP contribution in [0.4, 0.5) is 0 Å². The van der Waals surface area contributed by atoms with E-state index in [-0.39, 0.29) is 6.04 Å². The molecule has 118 valence electrons. The summed E-state index contributed by atoms with van der Waals surface area (Å²) in [5.74, 6) is 1.70. The summed E-state index contributed by atoms with van der Waals surface area (Å²) in [7, 11) is 0. The number of hydrogen-bond donors (Lipinski definition) is 1. The van der Waals surface area contributed by atoms with Gasteiger partial charge in [-0.3, -0.25) is 0 Å². The highest BCUT2D eigenvalue weighted by Gasteiger charge is 2.22. The third-order valence-electron chi connectivity index (χ3n) is 4.25. The Hall–Kier alpha value is -0.0600. The summed E-state index contributed by atoms with van der Waals surface area (Å²) >= 11 is 7.31. The number of benzene rings is 1. The molecule has 1 aromatic carbocycles. The highest BCUT2D eigenvalue weighted by Crippen LogP contribution is 2.38. The summed E-state index contributed by atoms with van der Waals surface area (Å²) in [5.41, 5.74) is 7.29. The highest BCUT2D eigenvalue weighted by molar-refractivity contribution is 9.11. The molecule has 0 aliphatic heterocycles. The molecule has 21 heavy (non-hydrogen) atoms. The first-order valence-electron chi connectivity index (χ1n) is 7.89. The van der Waals surface area contributed by atoms with E-state index >= 15 is 0 Å². The molecule has 4 heteroatoms. The second-order valence-electron chi connectivity index (χ2n) is 6.27. The zero-order chi connectivity index (χ0) is 15.4. The van der Waals surface area contributed by atoms with Crippen LogP contribution < -0.4 is 10.5 Å². The topological polar surface area (TPSA) is 35.2 Å². The van der Waals surface area contributed by atoms with Crippen LogP contribution in [-0.4, -0.2) is 12.1 Å². The van der Waals surface area contributed by atoms with Gasteiger partial charge in [0, 0.05) is 6.04 Å². The van der Waals surface area contributed by atoms with Crippen LogP contribution in [0.2, 0.25) is 0 Å². The number of ether oxygens (including phenoxy) is 1. The van der Waals surface area contributed by atoms with Gasteiger partial charge in [0.05, 0.1) is 15.0 Å². The van der Waals surface area contributed by atoms with Gasteiger partial charge in [-0.25, -0.2) is 0 Å². The van der Waals surface area contributed by atoms with Crippen LogP contribution in [0.25, 0.3) is 0 Å². The quantitative estimate of drug-likeness (QED) is 0.689. The normalized spacial score (nSPS) is 23.9. The number of rotatable bonds is 5. The summed E-state index contributed by atoms with van der Waals surface area (Å²) in [6.07, 6.45) is 7.14. The fraction of sp³-hybridized carbons (Fsp3) is 0.647. The first kappa shape index (κ1) is 17.3. The van der Waals surface area contributed by atoms with Crippen molar-refractivity contribution in [2.45, 2.75) is 64.5 Å². The van der Waals surface area contributed by atoms with Crippen molar-refractivity contribution in [2.75, 3.05) is 0 Å². The molecule has 2 nitrogen and oxygen atoms in total. The van der Waals surface area contributed by atoms with E-state index in [1.165, 1.54) is 18.4 Å². The Kier molecular flexibility index (Phi) is 6.57. The monoisotopic (exact) mass is 417 g/mol. The van der Waals surface area contributed by atoms with E-state index in [1.807, 2.05) is 0 Å². The number of halogens is 2. The number of hydrogen-bond acceptors (Lipinski definition) is 2. The summed E-state index contributed by atoms with van der Waals surface area (Å²) < 4.78 is 8.29. The van der Waals surface area contributed by atoms with Gasteiger partial charge in [0.1, 0.15) is 5.75 Å². The molecule has 0 aromatic heterocycles. The Labute approximate surface area is 145 Å². The molecule has 0 saturated heterocycles. The van der Waals surface area contributed by atoms with Crippen molar-refractivity contribution in [1.29, 1.82) is 0 Å². The maximum Gasteiger partial charge on any atom is 0.148 e. The van der Waals surface area contributed by atoms with Crippen molar-refractivity contribution in [3.8, 4) is 5.75 Å². The van der Waals surface area contributed by atoms with Gasteiger partial charge >= 0.3 is 0 Å². The maximum absolute atomic E-state index is 6.25. The molecule has 0 spiro atoms. The van der Waals surface area contributed by atoms with Gasteiger partial charge in [0.15, 0.2) is 0 Å². The molecule has 2 rings (SSSR count). The van der Waals surface area contributed by atoms with Gasteiger partial charge < -0.3 is 10.5 Å². The average Bonchev–Trinajstić information content (AvgIpc) is 2.43. The summed E-state index contributed by atoms with van der Waals surface area (Å²) in [4.78, 5) is 0. The molecular formula is C17H25Br2NO. The van der Waals surface area contributed by atoms with E-state index < -0.39 is 0 Å². The molecule has 2 N–H and O–H groups in total. The first-order valence-corrected chi connectivity index (χ1v) is 9.48. The number of nitrogens with two attached hydrogens (primary N) is 1. The van der Waals surface area contributed by atoms with E-state index in [0.29, 0.717) is 6.10 Å². The zero-order valence-electron chi connectivity index (χ0n) is 12.9. The van der Waals surface area contributed by atoms with E-state index in [0.717, 1.165) is 46.3 Å². The molecule has 0 radical (unpaired) electrons. The molecule has 0 amide bonds. The smallest absolute Gasteiger partial charge is 0.148 e. The Bertz CT molecular complexity index is 455. The SMILES string of the molecule is CCC(N)Cc1cc(Br)c(OC2CCCC(C)C2)c(Br)c1. The van der Waals surface area contributed by atoms with E-state index in [9.17, 15) is 0 Å². The minimum absolute atomic E-state index is 0.217. The molecule has 0 heterocycles. The first-order chi connectivity index (χ1) is 9.99. The molecule has 1 aliphatic rings. The maximum atomic E-state index is 6.25. The minimum Gasteiger partial charge on any atom is -0.488 e. The molecular weight excluding hydrogens is 394 g/mol. The molecule has 1 saturated carbocycles. The average molecular weight is 419 g/mol. The van der Waals surface area contributed by atoms with Crippen LogP contribution >= 0.6 is 31.9 Å². The Morgan fingerprint density at radius 2 is 1.95 bits per heavy atom. The fourth-order valence-electron chi connectivity index (χ4n) is 2.94. The van der Waals surface area contributed by atoms with Crippen molar-refractivity contribution < 1.29 is 4.74 Å². The summed E-state index contributed by atoms with van der Waals surface area (Å²) in [6, 6.07) is 4.50. The third-order valence-corrected chi connectivity index (χ3v) is 5.43. The van der Waals surface area contributed by atoms with Crippen LogP contribution in [0.1, 0.15) is 51.5 Å². The van der Waals surface area contributed by atoms with Crippen LogP contribution in [0.5, 0.6) is 5.75 Å².